The van der Waals surface area contributed by atoms with E-state index in [9.17, 15) is 4.39 Å². The number of nitriles is 1. The van der Waals surface area contributed by atoms with Crippen molar-refractivity contribution in [1.82, 2.24) is 4.98 Å². The van der Waals surface area contributed by atoms with Crippen LogP contribution in [0.25, 0.3) is 0 Å². The van der Waals surface area contributed by atoms with Crippen molar-refractivity contribution in [2.24, 2.45) is 0 Å². The molecule has 0 amide bonds. The molecule has 0 saturated heterocycles. The number of nitrogens with zero attached hydrogens (tertiary/aromatic N) is 2. The lowest BCUT2D eigenvalue weighted by molar-refractivity contribution is 0.618. The van der Waals surface area contributed by atoms with Gasteiger partial charge in [-0.1, -0.05) is 11.6 Å². The van der Waals surface area contributed by atoms with Crippen molar-refractivity contribution in [2.45, 2.75) is 0 Å². The van der Waals surface area contributed by atoms with Crippen LogP contribution in [0.4, 0.5) is 10.1 Å². The summed E-state index contributed by atoms with van der Waals surface area (Å²) in [5.41, 5.74) is 4.86. The van der Waals surface area contributed by atoms with E-state index in [2.05, 4.69) is 4.98 Å². The molecule has 1 aromatic rings. The van der Waals surface area contributed by atoms with E-state index in [-0.39, 0.29) is 16.4 Å². The zero-order valence-electron chi connectivity index (χ0n) is 5.31. The van der Waals surface area contributed by atoms with Crippen molar-refractivity contribution in [3.63, 3.8) is 0 Å². The molecule has 0 spiro atoms. The molecular formula is C6H3ClFN3. The van der Waals surface area contributed by atoms with Crippen molar-refractivity contribution in [1.29, 1.82) is 5.26 Å². The van der Waals surface area contributed by atoms with Gasteiger partial charge < -0.3 is 5.73 Å². The van der Waals surface area contributed by atoms with Crippen LogP contribution in [-0.2, 0) is 0 Å². The summed E-state index contributed by atoms with van der Waals surface area (Å²) < 4.78 is 12.6. The second-order valence-corrected chi connectivity index (χ2v) is 2.16. The van der Waals surface area contributed by atoms with Gasteiger partial charge >= 0.3 is 0 Å². The number of halogens is 2. The van der Waals surface area contributed by atoms with E-state index in [4.69, 9.17) is 22.6 Å². The predicted octanol–water partition coefficient (Wildman–Crippen LogP) is 1.33. The predicted molar refractivity (Wildman–Crippen MR) is 38.3 cm³/mol. The minimum absolute atomic E-state index is 0.0528. The second-order valence-electron chi connectivity index (χ2n) is 1.80. The molecule has 0 bridgehead atoms. The Balaban J connectivity index is 3.44. The zero-order chi connectivity index (χ0) is 8.43. The minimum Gasteiger partial charge on any atom is -0.395 e. The molecular weight excluding hydrogens is 169 g/mol. The first kappa shape index (κ1) is 7.76. The van der Waals surface area contributed by atoms with Gasteiger partial charge in [0.25, 0.3) is 0 Å². The third-order valence-electron chi connectivity index (χ3n) is 1.13. The van der Waals surface area contributed by atoms with Crippen LogP contribution in [-0.4, -0.2) is 4.98 Å². The molecule has 1 rings (SSSR count). The lowest BCUT2D eigenvalue weighted by Crippen LogP contribution is -1.96. The Morgan fingerprint density at radius 3 is 2.82 bits per heavy atom. The number of anilines is 1. The Kier molecular flexibility index (Phi) is 1.92. The van der Waals surface area contributed by atoms with Gasteiger partial charge in [0.2, 0.25) is 0 Å². The molecule has 0 atom stereocenters. The zero-order valence-corrected chi connectivity index (χ0v) is 6.06. The molecule has 11 heavy (non-hydrogen) atoms. The summed E-state index contributed by atoms with van der Waals surface area (Å²) in [6.45, 7) is 0. The number of pyridine rings is 1. The third-order valence-corrected chi connectivity index (χ3v) is 1.43. The highest BCUT2D eigenvalue weighted by atomic mass is 35.5. The SMILES string of the molecule is N#Cc1c(F)cnc(Cl)c1N. The van der Waals surface area contributed by atoms with Gasteiger partial charge in [0, 0.05) is 0 Å². The molecule has 0 aromatic carbocycles. The van der Waals surface area contributed by atoms with E-state index < -0.39 is 5.82 Å². The van der Waals surface area contributed by atoms with Gasteiger partial charge in [0.15, 0.2) is 11.0 Å². The number of hydrogen-bond acceptors (Lipinski definition) is 3. The minimum atomic E-state index is -0.755. The quantitative estimate of drug-likeness (QED) is 0.599. The number of nitrogens with two attached hydrogens (primary N) is 1. The second kappa shape index (κ2) is 2.72. The molecule has 0 aliphatic heterocycles. The molecule has 0 unspecified atom stereocenters. The van der Waals surface area contributed by atoms with Crippen LogP contribution in [0.2, 0.25) is 5.15 Å². The van der Waals surface area contributed by atoms with E-state index in [0.717, 1.165) is 6.20 Å². The summed E-state index contributed by atoms with van der Waals surface area (Å²) in [5, 5.41) is 8.31. The Labute approximate surface area is 67.2 Å². The van der Waals surface area contributed by atoms with E-state index in [1.54, 1.807) is 6.07 Å². The Morgan fingerprint density at radius 2 is 2.36 bits per heavy atom. The number of aromatic nitrogens is 1. The molecule has 0 aliphatic carbocycles. The smallest absolute Gasteiger partial charge is 0.161 e. The first-order chi connectivity index (χ1) is 5.16. The van der Waals surface area contributed by atoms with Crippen molar-refractivity contribution in [3.8, 4) is 6.07 Å². The molecule has 0 aliphatic rings. The van der Waals surface area contributed by atoms with Crippen LogP contribution in [0, 0.1) is 17.1 Å². The topological polar surface area (TPSA) is 62.7 Å². The monoisotopic (exact) mass is 171 g/mol. The Bertz CT molecular complexity index is 331. The van der Waals surface area contributed by atoms with Gasteiger partial charge in [0.1, 0.15) is 11.6 Å². The average Bonchev–Trinajstić information content (AvgIpc) is 1.99. The van der Waals surface area contributed by atoms with Crippen LogP contribution in [0.15, 0.2) is 6.20 Å². The van der Waals surface area contributed by atoms with Crippen molar-refractivity contribution < 1.29 is 4.39 Å². The molecule has 2 N–H and O–H groups in total. The van der Waals surface area contributed by atoms with Gasteiger partial charge in [-0.15, -0.1) is 0 Å². The van der Waals surface area contributed by atoms with Gasteiger partial charge in [0.05, 0.1) is 11.9 Å². The molecule has 1 aromatic heterocycles. The highest BCUT2D eigenvalue weighted by Crippen LogP contribution is 2.21. The van der Waals surface area contributed by atoms with Crippen molar-refractivity contribution >= 4 is 17.3 Å². The summed E-state index contributed by atoms with van der Waals surface area (Å²) in [6.07, 6.45) is 0.858. The van der Waals surface area contributed by atoms with Crippen LogP contribution >= 0.6 is 11.6 Å². The summed E-state index contributed by atoms with van der Waals surface area (Å²) in [5.74, 6) is -0.755. The highest BCUT2D eigenvalue weighted by Gasteiger charge is 2.09. The van der Waals surface area contributed by atoms with E-state index in [1.165, 1.54) is 0 Å². The third kappa shape index (κ3) is 1.23. The van der Waals surface area contributed by atoms with Gasteiger partial charge in [-0.05, 0) is 0 Å². The fraction of sp³-hybridized carbons (Fsp3) is 0. The largest absolute Gasteiger partial charge is 0.395 e. The lowest BCUT2D eigenvalue weighted by atomic mass is 10.2. The number of hydrogen-bond donors (Lipinski definition) is 1. The van der Waals surface area contributed by atoms with Crippen LogP contribution in [0.1, 0.15) is 5.56 Å². The van der Waals surface area contributed by atoms with E-state index >= 15 is 0 Å². The van der Waals surface area contributed by atoms with Crippen LogP contribution in [0.5, 0.6) is 0 Å². The van der Waals surface area contributed by atoms with Gasteiger partial charge in [-0.25, -0.2) is 9.37 Å². The standard InChI is InChI=1S/C6H3ClFN3/c7-6-5(10)3(1-9)4(8)2-11-6/h2H,10H2. The molecule has 0 saturated carbocycles. The van der Waals surface area contributed by atoms with Gasteiger partial charge in [-0.2, -0.15) is 5.26 Å². The molecule has 56 valence electrons. The summed E-state index contributed by atoms with van der Waals surface area (Å²) >= 11 is 5.41. The molecule has 0 fully saturated rings. The summed E-state index contributed by atoms with van der Waals surface area (Å²) in [6, 6.07) is 1.58. The molecule has 5 heteroatoms. The maximum atomic E-state index is 12.6. The Hall–Kier alpha value is -1.34. The maximum Gasteiger partial charge on any atom is 0.161 e. The normalized spacial score (nSPS) is 9.18. The first-order valence-electron chi connectivity index (χ1n) is 2.66. The molecule has 0 radical (unpaired) electrons. The Morgan fingerprint density at radius 1 is 1.73 bits per heavy atom. The summed E-state index contributed by atoms with van der Waals surface area (Å²) in [7, 11) is 0. The average molecular weight is 172 g/mol. The summed E-state index contributed by atoms with van der Waals surface area (Å²) in [4.78, 5) is 3.40. The lowest BCUT2D eigenvalue weighted by Gasteiger charge is -1.98. The molecule has 1 heterocycles. The number of rotatable bonds is 0. The fourth-order valence-corrected chi connectivity index (χ4v) is 0.736. The van der Waals surface area contributed by atoms with E-state index in [1.807, 2.05) is 0 Å². The van der Waals surface area contributed by atoms with Crippen molar-refractivity contribution in [3.05, 3.63) is 22.7 Å². The maximum absolute atomic E-state index is 12.6. The first-order valence-corrected chi connectivity index (χ1v) is 3.04. The van der Waals surface area contributed by atoms with Crippen LogP contribution < -0.4 is 5.73 Å². The van der Waals surface area contributed by atoms with Crippen LogP contribution in [0.3, 0.4) is 0 Å². The van der Waals surface area contributed by atoms with Crippen molar-refractivity contribution in [2.75, 3.05) is 5.73 Å². The van der Waals surface area contributed by atoms with Gasteiger partial charge in [-0.3, -0.25) is 0 Å². The van der Waals surface area contributed by atoms with E-state index in [0.29, 0.717) is 0 Å². The number of nitrogen functional groups attached to an aromatic ring is 1. The highest BCUT2D eigenvalue weighted by molar-refractivity contribution is 6.32. The fourth-order valence-electron chi connectivity index (χ4n) is 0.593. The molecule has 3 nitrogen and oxygen atoms in total.